The Bertz CT molecular complexity index is 1160. The van der Waals surface area contributed by atoms with Crippen molar-refractivity contribution < 1.29 is 23.9 Å². The molecule has 2 fully saturated rings. The van der Waals surface area contributed by atoms with Gasteiger partial charge in [-0.1, -0.05) is 55.1 Å². The highest BCUT2D eigenvalue weighted by molar-refractivity contribution is 9.12. The molecule has 4 atom stereocenters. The molecule has 35 heavy (non-hydrogen) atoms. The number of methoxy groups -OCH3 is 1. The lowest BCUT2D eigenvalue weighted by atomic mass is 9.81. The molecule has 1 heterocycles. The van der Waals surface area contributed by atoms with Gasteiger partial charge in [0.25, 0.3) is 17.7 Å². The second kappa shape index (κ2) is 10.6. The van der Waals surface area contributed by atoms with Gasteiger partial charge in [0.05, 0.1) is 29.5 Å². The fraction of sp³-hybridized carbons (Fsp3) is 0.333. The molecule has 1 aliphatic carbocycles. The molecule has 0 unspecified atom stereocenters. The molecule has 3 amide bonds. The number of Topliss-reactive ketones (excluding diaryl/α,β-unsaturated/α-hetero) is 1. The Labute approximate surface area is 228 Å². The lowest BCUT2D eigenvalue weighted by Gasteiger charge is -2.30. The maximum absolute atomic E-state index is 13.6. The molecule has 0 aromatic heterocycles. The van der Waals surface area contributed by atoms with Gasteiger partial charge in [0.2, 0.25) is 0 Å². The predicted molar refractivity (Wildman–Crippen MR) is 138 cm³/mol. The van der Waals surface area contributed by atoms with Gasteiger partial charge in [-0.05, 0) is 55.3 Å². The quantitative estimate of drug-likeness (QED) is 0.246. The maximum atomic E-state index is 13.6. The summed E-state index contributed by atoms with van der Waals surface area (Å²) in [5.41, 5.74) is 0.314. The van der Waals surface area contributed by atoms with E-state index in [1.54, 1.807) is 24.3 Å². The number of carbonyl (C=O) groups is 4. The summed E-state index contributed by atoms with van der Waals surface area (Å²) in [6.45, 7) is -0.531. The van der Waals surface area contributed by atoms with Crippen molar-refractivity contribution in [1.29, 1.82) is 0 Å². The van der Waals surface area contributed by atoms with Gasteiger partial charge in [0.15, 0.2) is 5.78 Å². The number of hydrazine groups is 1. The molecule has 0 N–H and O–H groups in total. The van der Waals surface area contributed by atoms with Crippen LogP contribution in [-0.2, 0) is 9.59 Å². The molecule has 4 rings (SSSR count). The minimum Gasteiger partial charge on any atom is -0.497 e. The van der Waals surface area contributed by atoms with Crippen LogP contribution in [0.4, 0.5) is 0 Å². The molecular formula is C24H20Br2Cl2N2O5. The van der Waals surface area contributed by atoms with Gasteiger partial charge in [-0.2, -0.15) is 5.01 Å². The Morgan fingerprint density at radius 3 is 2.09 bits per heavy atom. The van der Waals surface area contributed by atoms with Crippen LogP contribution >= 0.6 is 55.1 Å². The normalized spacial score (nSPS) is 23.7. The van der Waals surface area contributed by atoms with E-state index in [2.05, 4.69) is 31.9 Å². The van der Waals surface area contributed by atoms with Crippen LogP contribution in [0.15, 0.2) is 42.5 Å². The van der Waals surface area contributed by atoms with Gasteiger partial charge in [-0.3, -0.25) is 19.2 Å². The van der Waals surface area contributed by atoms with Gasteiger partial charge in [0, 0.05) is 20.2 Å². The highest BCUT2D eigenvalue weighted by atomic mass is 79.9. The molecule has 1 aliphatic heterocycles. The number of imide groups is 1. The van der Waals surface area contributed by atoms with Gasteiger partial charge in [-0.25, -0.2) is 5.01 Å². The third-order valence-electron chi connectivity index (χ3n) is 6.23. The van der Waals surface area contributed by atoms with E-state index in [9.17, 15) is 19.2 Å². The zero-order chi connectivity index (χ0) is 25.4. The first-order valence-electron chi connectivity index (χ1n) is 10.7. The van der Waals surface area contributed by atoms with Gasteiger partial charge < -0.3 is 4.74 Å². The third-order valence-corrected chi connectivity index (χ3v) is 9.51. The highest BCUT2D eigenvalue weighted by Gasteiger charge is 2.54. The number of carbonyl (C=O) groups excluding carboxylic acids is 4. The van der Waals surface area contributed by atoms with E-state index < -0.39 is 41.9 Å². The third kappa shape index (κ3) is 5.14. The molecule has 184 valence electrons. The van der Waals surface area contributed by atoms with E-state index in [0.717, 1.165) is 10.0 Å². The van der Waals surface area contributed by atoms with Crippen LogP contribution in [0.25, 0.3) is 0 Å². The first kappa shape index (κ1) is 26.1. The molecule has 1 saturated carbocycles. The van der Waals surface area contributed by atoms with Crippen molar-refractivity contribution in [2.24, 2.45) is 11.8 Å². The Morgan fingerprint density at radius 2 is 1.57 bits per heavy atom. The summed E-state index contributed by atoms with van der Waals surface area (Å²) >= 11 is 19.3. The van der Waals surface area contributed by atoms with Crippen LogP contribution in [0.5, 0.6) is 5.75 Å². The van der Waals surface area contributed by atoms with Crippen LogP contribution in [0.1, 0.15) is 33.6 Å². The van der Waals surface area contributed by atoms with Crippen LogP contribution in [0, 0.1) is 11.8 Å². The van der Waals surface area contributed by atoms with E-state index in [0.29, 0.717) is 29.2 Å². The minimum absolute atomic E-state index is 0.00348. The van der Waals surface area contributed by atoms with Crippen molar-refractivity contribution in [2.75, 3.05) is 13.7 Å². The fourth-order valence-corrected chi connectivity index (χ4v) is 6.08. The summed E-state index contributed by atoms with van der Waals surface area (Å²) in [5.74, 6) is -2.85. The van der Waals surface area contributed by atoms with Crippen molar-refractivity contribution in [3.63, 3.8) is 0 Å². The van der Waals surface area contributed by atoms with Crippen molar-refractivity contribution in [1.82, 2.24) is 10.0 Å². The van der Waals surface area contributed by atoms with Crippen LogP contribution in [0.3, 0.4) is 0 Å². The van der Waals surface area contributed by atoms with Crippen LogP contribution in [0.2, 0.25) is 10.0 Å². The Morgan fingerprint density at radius 1 is 1.00 bits per heavy atom. The second-order valence-corrected chi connectivity index (χ2v) is 11.5. The monoisotopic (exact) mass is 644 g/mol. The summed E-state index contributed by atoms with van der Waals surface area (Å²) in [6, 6.07) is 10.6. The van der Waals surface area contributed by atoms with E-state index in [4.69, 9.17) is 27.9 Å². The number of ketones is 1. The minimum atomic E-state index is -0.750. The average molecular weight is 647 g/mol. The number of alkyl halides is 2. The molecule has 2 aliphatic rings. The number of halogens is 4. The van der Waals surface area contributed by atoms with Gasteiger partial charge >= 0.3 is 0 Å². The van der Waals surface area contributed by atoms with Gasteiger partial charge in [0.1, 0.15) is 12.3 Å². The number of fused-ring (bicyclic) bond motifs is 1. The molecule has 0 spiro atoms. The molecular weight excluding hydrogens is 627 g/mol. The fourth-order valence-electron chi connectivity index (χ4n) is 4.36. The van der Waals surface area contributed by atoms with Crippen LogP contribution in [-0.4, -0.2) is 56.8 Å². The summed E-state index contributed by atoms with van der Waals surface area (Å²) in [6.07, 6.45) is 0.857. The number of nitrogens with zero attached hydrogens (tertiary/aromatic N) is 2. The van der Waals surface area contributed by atoms with Crippen molar-refractivity contribution >= 4 is 78.6 Å². The lowest BCUT2D eigenvalue weighted by Crippen LogP contribution is -2.52. The standard InChI is InChI=1S/C24H20Br2Cl2N2O5/c1-35-14-5-2-12(3-6-14)21(31)11-29(22(32)15-7-4-13(27)8-20(15)28)30-23(33)16-9-18(25)19(26)10-17(16)24(30)34/h2-8,16-19H,9-11H2,1H3/t16-,17-,18-,19+/m1/s1. The van der Waals surface area contributed by atoms with E-state index in [1.165, 1.54) is 25.3 Å². The summed E-state index contributed by atoms with van der Waals surface area (Å²) < 4.78 is 5.12. The lowest BCUT2D eigenvalue weighted by molar-refractivity contribution is -0.154. The number of benzene rings is 2. The number of ether oxygens (including phenoxy) is 1. The zero-order valence-corrected chi connectivity index (χ0v) is 23.1. The summed E-state index contributed by atoms with van der Waals surface area (Å²) in [5, 5.41) is 2.09. The van der Waals surface area contributed by atoms with Crippen molar-refractivity contribution in [3.05, 3.63) is 63.6 Å². The first-order chi connectivity index (χ1) is 16.6. The largest absolute Gasteiger partial charge is 0.497 e. The summed E-state index contributed by atoms with van der Waals surface area (Å²) in [7, 11) is 1.51. The van der Waals surface area contributed by atoms with Crippen LogP contribution < -0.4 is 4.74 Å². The first-order valence-corrected chi connectivity index (χ1v) is 13.3. The smallest absolute Gasteiger partial charge is 0.274 e. The van der Waals surface area contributed by atoms with Gasteiger partial charge in [-0.15, -0.1) is 0 Å². The molecule has 11 heteroatoms. The van der Waals surface area contributed by atoms with E-state index >= 15 is 0 Å². The molecule has 2 aromatic carbocycles. The average Bonchev–Trinajstić information content (AvgIpc) is 3.06. The number of hydrogen-bond acceptors (Lipinski definition) is 5. The zero-order valence-electron chi connectivity index (χ0n) is 18.4. The SMILES string of the molecule is COc1ccc(C(=O)CN(C(=O)c2ccc(Cl)cc2Cl)N2C(=O)[C@@H]3C[C@@H](Br)[C@@H](Br)C[C@H]3C2=O)cc1. The Kier molecular flexibility index (Phi) is 7.90. The number of hydrogen-bond donors (Lipinski definition) is 0. The Hall–Kier alpha value is -1.94. The maximum Gasteiger partial charge on any atom is 0.274 e. The van der Waals surface area contributed by atoms with E-state index in [-0.39, 0.29) is 20.2 Å². The van der Waals surface area contributed by atoms with Crippen molar-refractivity contribution in [2.45, 2.75) is 22.5 Å². The highest BCUT2D eigenvalue weighted by Crippen LogP contribution is 2.44. The molecule has 1 saturated heterocycles. The Balaban J connectivity index is 1.71. The summed E-state index contributed by atoms with van der Waals surface area (Å²) in [4.78, 5) is 53.6. The number of rotatable bonds is 6. The molecule has 7 nitrogen and oxygen atoms in total. The molecule has 0 bridgehead atoms. The number of amides is 3. The molecule has 0 radical (unpaired) electrons. The molecule has 2 aromatic rings. The van der Waals surface area contributed by atoms with E-state index in [1.807, 2.05) is 0 Å². The predicted octanol–water partition coefficient (Wildman–Crippen LogP) is 5.16. The topological polar surface area (TPSA) is 84.0 Å². The van der Waals surface area contributed by atoms with Crippen molar-refractivity contribution in [3.8, 4) is 5.75 Å². The second-order valence-electron chi connectivity index (χ2n) is 8.34.